The minimum atomic E-state index is -3.46. The van der Waals surface area contributed by atoms with E-state index in [1.165, 1.54) is 32.1 Å². The first-order valence-corrected chi connectivity index (χ1v) is 9.34. The molecule has 2 N–H and O–H groups in total. The van der Waals surface area contributed by atoms with Gasteiger partial charge in [-0.3, -0.25) is 0 Å². The molecule has 1 aliphatic carbocycles. The molecule has 0 amide bonds. The van der Waals surface area contributed by atoms with Gasteiger partial charge in [-0.05, 0) is 25.3 Å². The Labute approximate surface area is 127 Å². The zero-order valence-electron chi connectivity index (χ0n) is 12.7. The molecule has 0 bridgehead atoms. The van der Waals surface area contributed by atoms with Gasteiger partial charge >= 0.3 is 0 Å². The topological polar surface area (TPSA) is 71.3 Å². The van der Waals surface area contributed by atoms with Crippen molar-refractivity contribution in [2.75, 3.05) is 6.54 Å². The molecule has 1 saturated carbocycles. The monoisotopic (exact) mass is 314 g/mol. The van der Waals surface area contributed by atoms with Crippen molar-refractivity contribution >= 4 is 10.0 Å². The number of nitrogens with one attached hydrogen (secondary N) is 1. The Balaban J connectivity index is 1.93. The van der Waals surface area contributed by atoms with Crippen LogP contribution in [0.15, 0.2) is 17.2 Å². The lowest BCUT2D eigenvalue weighted by Crippen LogP contribution is -2.26. The van der Waals surface area contributed by atoms with Crippen LogP contribution < -0.4 is 4.72 Å². The van der Waals surface area contributed by atoms with Crippen LogP contribution in [0.25, 0.3) is 0 Å². The van der Waals surface area contributed by atoms with E-state index in [1.54, 1.807) is 16.8 Å². The smallest absolute Gasteiger partial charge is 0.242 e. The van der Waals surface area contributed by atoms with Gasteiger partial charge in [0.2, 0.25) is 10.0 Å². The van der Waals surface area contributed by atoms with Crippen LogP contribution in [0.3, 0.4) is 0 Å². The summed E-state index contributed by atoms with van der Waals surface area (Å²) in [4.78, 5) is 0.247. The highest BCUT2D eigenvalue weighted by molar-refractivity contribution is 7.89. The highest BCUT2D eigenvalue weighted by Crippen LogP contribution is 2.26. The van der Waals surface area contributed by atoms with Gasteiger partial charge in [-0.25, -0.2) is 13.1 Å². The van der Waals surface area contributed by atoms with E-state index in [1.807, 2.05) is 6.92 Å². The van der Waals surface area contributed by atoms with Crippen LogP contribution in [0.2, 0.25) is 0 Å². The van der Waals surface area contributed by atoms with Crippen LogP contribution in [0.1, 0.15) is 51.1 Å². The minimum Gasteiger partial charge on any atom is -0.390 e. The van der Waals surface area contributed by atoms with Crippen molar-refractivity contribution in [2.45, 2.75) is 63.5 Å². The Morgan fingerprint density at radius 3 is 2.62 bits per heavy atom. The molecule has 0 saturated heterocycles. The van der Waals surface area contributed by atoms with E-state index >= 15 is 0 Å². The molecule has 2 rings (SSSR count). The molecule has 1 fully saturated rings. The number of aliphatic hydroxyl groups excluding tert-OH is 1. The largest absolute Gasteiger partial charge is 0.390 e. The van der Waals surface area contributed by atoms with Crippen LogP contribution in [0.4, 0.5) is 0 Å². The Hall–Kier alpha value is -0.850. The predicted octanol–water partition coefficient (Wildman–Crippen LogP) is 2.25. The summed E-state index contributed by atoms with van der Waals surface area (Å²) in [6.07, 6.45) is 8.82. The average Bonchev–Trinajstić information content (AvgIpc) is 2.92. The van der Waals surface area contributed by atoms with E-state index < -0.39 is 10.0 Å². The van der Waals surface area contributed by atoms with Crippen molar-refractivity contribution in [1.82, 2.24) is 9.29 Å². The molecular formula is C15H26N2O3S. The van der Waals surface area contributed by atoms with Gasteiger partial charge in [-0.2, -0.15) is 0 Å². The number of sulfonamides is 1. The van der Waals surface area contributed by atoms with Gasteiger partial charge in [0.25, 0.3) is 0 Å². The highest BCUT2D eigenvalue weighted by atomic mass is 32.2. The molecule has 0 aromatic carbocycles. The molecule has 1 aromatic heterocycles. The third-order valence-corrected chi connectivity index (χ3v) is 5.77. The first-order chi connectivity index (χ1) is 10.1. The Morgan fingerprint density at radius 2 is 2.05 bits per heavy atom. The quantitative estimate of drug-likeness (QED) is 0.811. The molecule has 0 atom stereocenters. The fraction of sp³-hybridized carbons (Fsp3) is 0.733. The second-order valence-electron chi connectivity index (χ2n) is 5.80. The summed E-state index contributed by atoms with van der Waals surface area (Å²) in [6, 6.07) is 1.55. The lowest BCUT2D eigenvalue weighted by molar-refractivity contribution is 0.271. The van der Waals surface area contributed by atoms with Crippen molar-refractivity contribution in [2.24, 2.45) is 5.92 Å². The van der Waals surface area contributed by atoms with E-state index in [4.69, 9.17) is 0 Å². The van der Waals surface area contributed by atoms with Gasteiger partial charge in [0.1, 0.15) is 0 Å². The molecule has 1 aliphatic rings. The minimum absolute atomic E-state index is 0.147. The Morgan fingerprint density at radius 1 is 1.33 bits per heavy atom. The van der Waals surface area contributed by atoms with E-state index in [2.05, 4.69) is 4.72 Å². The molecule has 5 nitrogen and oxygen atoms in total. The number of nitrogens with zero attached hydrogens (tertiary/aromatic N) is 1. The molecule has 6 heteroatoms. The maximum Gasteiger partial charge on any atom is 0.242 e. The van der Waals surface area contributed by atoms with Crippen LogP contribution >= 0.6 is 0 Å². The highest BCUT2D eigenvalue weighted by Gasteiger charge is 2.19. The Bertz CT molecular complexity index is 524. The van der Waals surface area contributed by atoms with Crippen molar-refractivity contribution < 1.29 is 13.5 Å². The molecule has 120 valence electrons. The molecule has 1 heterocycles. The summed E-state index contributed by atoms with van der Waals surface area (Å²) in [7, 11) is -3.46. The van der Waals surface area contributed by atoms with Crippen molar-refractivity contribution in [3.63, 3.8) is 0 Å². The van der Waals surface area contributed by atoms with Crippen molar-refractivity contribution in [3.05, 3.63) is 18.0 Å². The van der Waals surface area contributed by atoms with Crippen LogP contribution in [-0.4, -0.2) is 24.6 Å². The molecule has 0 radical (unpaired) electrons. The van der Waals surface area contributed by atoms with Gasteiger partial charge in [0, 0.05) is 25.0 Å². The van der Waals surface area contributed by atoms with E-state index in [0.717, 1.165) is 6.42 Å². The molecule has 0 spiro atoms. The molecular weight excluding hydrogens is 288 g/mol. The molecule has 0 aliphatic heterocycles. The first kappa shape index (κ1) is 16.5. The summed E-state index contributed by atoms with van der Waals surface area (Å²) >= 11 is 0. The third-order valence-electron chi connectivity index (χ3n) is 4.34. The van der Waals surface area contributed by atoms with E-state index in [9.17, 15) is 13.5 Å². The number of aryl methyl sites for hydroxylation is 1. The van der Waals surface area contributed by atoms with Crippen LogP contribution in [-0.2, 0) is 23.2 Å². The first-order valence-electron chi connectivity index (χ1n) is 7.86. The van der Waals surface area contributed by atoms with Crippen LogP contribution in [0.5, 0.6) is 0 Å². The number of aliphatic hydroxyl groups is 1. The number of hydrogen-bond donors (Lipinski definition) is 2. The summed E-state index contributed by atoms with van der Waals surface area (Å²) < 4.78 is 29.0. The maximum atomic E-state index is 12.3. The molecule has 0 unspecified atom stereocenters. The van der Waals surface area contributed by atoms with Gasteiger partial charge in [-0.1, -0.05) is 32.1 Å². The van der Waals surface area contributed by atoms with E-state index in [0.29, 0.717) is 24.7 Å². The lowest BCUT2D eigenvalue weighted by atomic mass is 9.87. The van der Waals surface area contributed by atoms with E-state index in [-0.39, 0.29) is 11.5 Å². The van der Waals surface area contributed by atoms with Gasteiger partial charge in [0.05, 0.1) is 11.5 Å². The fourth-order valence-electron chi connectivity index (χ4n) is 3.06. The summed E-state index contributed by atoms with van der Waals surface area (Å²) in [6.45, 7) is 2.92. The number of rotatable bonds is 7. The third kappa shape index (κ3) is 4.31. The fourth-order valence-corrected chi connectivity index (χ4v) is 4.17. The zero-order valence-corrected chi connectivity index (χ0v) is 13.5. The van der Waals surface area contributed by atoms with Gasteiger partial charge in [0.15, 0.2) is 0 Å². The standard InChI is InChI=1S/C15H26N2O3S/c1-2-17-11-15(10-14(17)12-18)21(19,20)16-9-8-13-6-4-3-5-7-13/h10-11,13,16,18H,2-9,12H2,1H3. The van der Waals surface area contributed by atoms with Crippen LogP contribution in [0, 0.1) is 5.92 Å². The molecule has 1 aromatic rings. The summed E-state index contributed by atoms with van der Waals surface area (Å²) in [5.74, 6) is 0.662. The summed E-state index contributed by atoms with van der Waals surface area (Å²) in [5, 5.41) is 9.24. The second kappa shape index (κ2) is 7.42. The van der Waals surface area contributed by atoms with Crippen molar-refractivity contribution in [3.8, 4) is 0 Å². The lowest BCUT2D eigenvalue weighted by Gasteiger charge is -2.21. The van der Waals surface area contributed by atoms with Gasteiger partial charge in [-0.15, -0.1) is 0 Å². The number of hydrogen-bond acceptors (Lipinski definition) is 3. The zero-order chi connectivity index (χ0) is 15.3. The Kier molecular flexibility index (Phi) is 5.84. The van der Waals surface area contributed by atoms with Crippen molar-refractivity contribution in [1.29, 1.82) is 0 Å². The maximum absolute atomic E-state index is 12.3. The number of aromatic nitrogens is 1. The average molecular weight is 314 g/mol. The SMILES string of the molecule is CCn1cc(S(=O)(=O)NCCC2CCCCC2)cc1CO. The predicted molar refractivity (Wildman–Crippen MR) is 82.4 cm³/mol. The normalized spacial score (nSPS) is 17.2. The summed E-state index contributed by atoms with van der Waals surface area (Å²) in [5.41, 5.74) is 0.630. The molecule has 21 heavy (non-hydrogen) atoms. The second-order valence-corrected chi connectivity index (χ2v) is 7.57. The van der Waals surface area contributed by atoms with Gasteiger partial charge < -0.3 is 9.67 Å².